The summed E-state index contributed by atoms with van der Waals surface area (Å²) in [6, 6.07) is 6.73. The number of aromatic hydroxyl groups is 2. The number of esters is 2. The standard InChI is InChI=1S/C29H33NO8/c1-17(2)28(34)37-13-8-7-12-30-25-22(36-14-9-15-38-29(35)18(3)4)16-21(31)23-24(25)27(33)20-11-6-5-10-19(20)26(23)32/h5-6,10-11,22,32-33H,1,3,7-9,12-16H2,2,4H3. The number of fused-ring (bicyclic) bond motifs is 2. The van der Waals surface area contributed by atoms with Crippen LogP contribution >= 0.6 is 0 Å². The first kappa shape index (κ1) is 28.6. The fourth-order valence-corrected chi connectivity index (χ4v) is 4.04. The lowest BCUT2D eigenvalue weighted by Gasteiger charge is -2.28. The molecule has 2 aromatic rings. The zero-order valence-electron chi connectivity index (χ0n) is 21.7. The Hall–Kier alpha value is -3.98. The molecule has 38 heavy (non-hydrogen) atoms. The number of hydrogen-bond donors (Lipinski definition) is 2. The first-order valence-electron chi connectivity index (χ1n) is 12.4. The van der Waals surface area contributed by atoms with Gasteiger partial charge in [-0.05, 0) is 26.7 Å². The third-order valence-corrected chi connectivity index (χ3v) is 5.98. The van der Waals surface area contributed by atoms with E-state index in [9.17, 15) is 24.6 Å². The van der Waals surface area contributed by atoms with Gasteiger partial charge < -0.3 is 24.4 Å². The molecule has 1 aliphatic rings. The van der Waals surface area contributed by atoms with Gasteiger partial charge in [0.2, 0.25) is 0 Å². The van der Waals surface area contributed by atoms with Gasteiger partial charge in [-0.1, -0.05) is 37.4 Å². The van der Waals surface area contributed by atoms with E-state index in [1.54, 1.807) is 38.1 Å². The summed E-state index contributed by atoms with van der Waals surface area (Å²) in [6.45, 7) is 11.0. The summed E-state index contributed by atoms with van der Waals surface area (Å²) in [5, 5.41) is 22.9. The van der Waals surface area contributed by atoms with Crippen molar-refractivity contribution in [2.45, 2.75) is 45.6 Å². The lowest BCUT2D eigenvalue weighted by atomic mass is 9.83. The normalized spacial score (nSPS) is 15.8. The van der Waals surface area contributed by atoms with Crippen molar-refractivity contribution in [3.8, 4) is 11.5 Å². The quantitative estimate of drug-likeness (QED) is 0.181. The highest BCUT2D eigenvalue weighted by molar-refractivity contribution is 6.24. The largest absolute Gasteiger partial charge is 0.507 e. The van der Waals surface area contributed by atoms with Crippen LogP contribution in [0.5, 0.6) is 11.5 Å². The van der Waals surface area contributed by atoms with E-state index in [1.807, 2.05) is 0 Å². The fourth-order valence-electron chi connectivity index (χ4n) is 4.04. The van der Waals surface area contributed by atoms with Crippen molar-refractivity contribution in [1.82, 2.24) is 0 Å². The maximum absolute atomic E-state index is 13.1. The summed E-state index contributed by atoms with van der Waals surface area (Å²) < 4.78 is 16.2. The van der Waals surface area contributed by atoms with Crippen LogP contribution in [-0.4, -0.2) is 66.1 Å². The Morgan fingerprint density at radius 1 is 0.895 bits per heavy atom. The predicted octanol–water partition coefficient (Wildman–Crippen LogP) is 4.42. The van der Waals surface area contributed by atoms with Gasteiger partial charge in [0.05, 0.1) is 36.7 Å². The maximum Gasteiger partial charge on any atom is 0.333 e. The van der Waals surface area contributed by atoms with Gasteiger partial charge in [0.25, 0.3) is 0 Å². The number of ketones is 1. The summed E-state index contributed by atoms with van der Waals surface area (Å²) >= 11 is 0. The zero-order chi connectivity index (χ0) is 27.8. The van der Waals surface area contributed by atoms with Crippen molar-refractivity contribution < 1.29 is 38.8 Å². The maximum atomic E-state index is 13.1. The molecule has 0 bridgehead atoms. The van der Waals surface area contributed by atoms with E-state index in [4.69, 9.17) is 14.2 Å². The Kier molecular flexibility index (Phi) is 9.78. The summed E-state index contributed by atoms with van der Waals surface area (Å²) in [6.07, 6.45) is 0.668. The van der Waals surface area contributed by atoms with Gasteiger partial charge in [0.15, 0.2) is 5.78 Å². The number of phenols is 2. The Bertz CT molecular complexity index is 1290. The molecular weight excluding hydrogens is 490 g/mol. The van der Waals surface area contributed by atoms with Crippen molar-refractivity contribution in [1.29, 1.82) is 0 Å². The average Bonchev–Trinajstić information content (AvgIpc) is 2.89. The minimum absolute atomic E-state index is 0.0191. The van der Waals surface area contributed by atoms with Crippen LogP contribution in [0.1, 0.15) is 55.5 Å². The van der Waals surface area contributed by atoms with Crippen molar-refractivity contribution in [3.63, 3.8) is 0 Å². The van der Waals surface area contributed by atoms with E-state index in [2.05, 4.69) is 18.2 Å². The molecule has 0 amide bonds. The zero-order valence-corrected chi connectivity index (χ0v) is 21.7. The summed E-state index contributed by atoms with van der Waals surface area (Å²) in [5.74, 6) is -1.67. The molecule has 0 saturated heterocycles. The number of benzene rings is 2. The number of Topliss-reactive ketones (excluding diaryl/α,β-unsaturated/α-hetero) is 1. The number of carbonyl (C=O) groups is 3. The van der Waals surface area contributed by atoms with Crippen LogP contribution in [0.2, 0.25) is 0 Å². The molecule has 0 aliphatic heterocycles. The van der Waals surface area contributed by atoms with Gasteiger partial charge in [-0.3, -0.25) is 9.79 Å². The highest BCUT2D eigenvalue weighted by Crippen LogP contribution is 2.43. The van der Waals surface area contributed by atoms with Crippen LogP contribution in [0.3, 0.4) is 0 Å². The molecule has 0 radical (unpaired) electrons. The van der Waals surface area contributed by atoms with E-state index in [0.717, 1.165) is 0 Å². The number of phenolic OH excluding ortho intramolecular Hbond substituents is 2. The van der Waals surface area contributed by atoms with Crippen molar-refractivity contribution in [2.75, 3.05) is 26.4 Å². The first-order valence-corrected chi connectivity index (χ1v) is 12.4. The topological polar surface area (TPSA) is 132 Å². The summed E-state index contributed by atoms with van der Waals surface area (Å²) in [4.78, 5) is 40.9. The second-order valence-electron chi connectivity index (χ2n) is 9.14. The molecule has 202 valence electrons. The van der Waals surface area contributed by atoms with Gasteiger partial charge in [0.1, 0.15) is 17.6 Å². The molecule has 0 fully saturated rings. The highest BCUT2D eigenvalue weighted by atomic mass is 16.5. The number of rotatable bonds is 12. The predicted molar refractivity (Wildman–Crippen MR) is 143 cm³/mol. The second-order valence-corrected chi connectivity index (χ2v) is 9.14. The second kappa shape index (κ2) is 13.0. The first-order chi connectivity index (χ1) is 18.1. The van der Waals surface area contributed by atoms with Crippen LogP contribution in [0.15, 0.2) is 53.6 Å². The van der Waals surface area contributed by atoms with Gasteiger partial charge in [0, 0.05) is 41.3 Å². The van der Waals surface area contributed by atoms with Gasteiger partial charge in [-0.25, -0.2) is 9.59 Å². The molecule has 3 rings (SSSR count). The van der Waals surface area contributed by atoms with Gasteiger partial charge in [-0.15, -0.1) is 0 Å². The Labute approximate surface area is 221 Å². The van der Waals surface area contributed by atoms with Crippen molar-refractivity contribution >= 4 is 34.2 Å². The van der Waals surface area contributed by atoms with Gasteiger partial charge >= 0.3 is 11.9 Å². The Morgan fingerprint density at radius 3 is 2.03 bits per heavy atom. The molecule has 2 aromatic carbocycles. The van der Waals surface area contributed by atoms with E-state index in [0.29, 0.717) is 53.4 Å². The molecule has 2 N–H and O–H groups in total. The Morgan fingerprint density at radius 2 is 1.45 bits per heavy atom. The molecule has 1 atom stereocenters. The van der Waals surface area contributed by atoms with E-state index >= 15 is 0 Å². The monoisotopic (exact) mass is 523 g/mol. The number of unbranched alkanes of at least 4 members (excludes halogenated alkanes) is 1. The molecule has 0 heterocycles. The number of ether oxygens (including phenoxy) is 3. The molecule has 0 saturated carbocycles. The molecule has 0 spiro atoms. The van der Waals surface area contributed by atoms with Crippen molar-refractivity contribution in [3.05, 3.63) is 59.7 Å². The summed E-state index contributed by atoms with van der Waals surface area (Å²) in [5.41, 5.74) is 1.16. The molecular formula is C29H33NO8. The number of hydrogen-bond acceptors (Lipinski definition) is 9. The smallest absolute Gasteiger partial charge is 0.333 e. The Balaban J connectivity index is 1.82. The third-order valence-electron chi connectivity index (χ3n) is 5.98. The highest BCUT2D eigenvalue weighted by Gasteiger charge is 2.37. The number of nitrogens with zero attached hydrogens (tertiary/aromatic N) is 1. The lowest BCUT2D eigenvalue weighted by molar-refractivity contribution is -0.140. The fraction of sp³-hybridized carbons (Fsp3) is 0.379. The molecule has 1 aliphatic carbocycles. The van der Waals surface area contributed by atoms with Crippen LogP contribution in [0.4, 0.5) is 0 Å². The molecule has 9 nitrogen and oxygen atoms in total. The van der Waals surface area contributed by atoms with Crippen LogP contribution < -0.4 is 0 Å². The van der Waals surface area contributed by atoms with E-state index in [-0.39, 0.29) is 54.7 Å². The van der Waals surface area contributed by atoms with Crippen LogP contribution in [0.25, 0.3) is 10.8 Å². The molecule has 1 unspecified atom stereocenters. The number of carbonyl (C=O) groups excluding carboxylic acids is 3. The van der Waals surface area contributed by atoms with Crippen LogP contribution in [-0.2, 0) is 23.8 Å². The SMILES string of the molecule is C=C(C)C(=O)OCCCCN=C1c2c(c(O)c3ccccc3c2O)C(=O)CC1OCCCOC(=O)C(=C)C. The van der Waals surface area contributed by atoms with Crippen molar-refractivity contribution in [2.24, 2.45) is 4.99 Å². The minimum atomic E-state index is -0.764. The lowest BCUT2D eigenvalue weighted by Crippen LogP contribution is -2.35. The average molecular weight is 524 g/mol. The third kappa shape index (κ3) is 6.66. The van der Waals surface area contributed by atoms with E-state index < -0.39 is 18.0 Å². The molecule has 0 aromatic heterocycles. The molecule has 9 heteroatoms. The van der Waals surface area contributed by atoms with Gasteiger partial charge in [-0.2, -0.15) is 0 Å². The van der Waals surface area contributed by atoms with E-state index in [1.165, 1.54) is 0 Å². The minimum Gasteiger partial charge on any atom is -0.507 e. The summed E-state index contributed by atoms with van der Waals surface area (Å²) in [7, 11) is 0. The van der Waals surface area contributed by atoms with Crippen LogP contribution in [0, 0.1) is 0 Å². The number of aliphatic imine (C=N–C) groups is 1.